The molecule has 0 bridgehead atoms. The van der Waals surface area contributed by atoms with E-state index < -0.39 is 5.82 Å². The fraction of sp³-hybridized carbons (Fsp3) is 0.294. The Morgan fingerprint density at radius 3 is 2.76 bits per heavy atom. The van der Waals surface area contributed by atoms with Crippen molar-refractivity contribution >= 4 is 17.3 Å². The largest absolute Gasteiger partial charge is 0.491 e. The van der Waals surface area contributed by atoms with E-state index in [9.17, 15) is 4.39 Å². The highest BCUT2D eigenvalue weighted by atomic mass is 35.5. The fourth-order valence-corrected chi connectivity index (χ4v) is 2.07. The molecule has 0 spiro atoms. The second-order valence-electron chi connectivity index (χ2n) is 4.93. The van der Waals surface area contributed by atoms with Gasteiger partial charge in [-0.1, -0.05) is 36.7 Å². The summed E-state index contributed by atoms with van der Waals surface area (Å²) >= 11 is 5.94. The molecule has 0 saturated heterocycles. The third-order valence-corrected chi connectivity index (χ3v) is 3.68. The zero-order chi connectivity index (χ0) is 15.2. The molecule has 0 fully saturated rings. The normalized spacial score (nSPS) is 12.0. The number of hydrogen-bond donors (Lipinski definition) is 1. The maximum atomic E-state index is 13.4. The average Bonchev–Trinajstić information content (AvgIpc) is 2.49. The summed E-state index contributed by atoms with van der Waals surface area (Å²) in [7, 11) is 0. The van der Waals surface area contributed by atoms with E-state index in [1.807, 2.05) is 31.2 Å². The first-order valence-electron chi connectivity index (χ1n) is 7.03. The lowest BCUT2D eigenvalue weighted by molar-refractivity contribution is 0.217. The van der Waals surface area contributed by atoms with Crippen molar-refractivity contribution < 1.29 is 9.13 Å². The maximum Gasteiger partial charge on any atom is 0.142 e. The fourth-order valence-electron chi connectivity index (χ4n) is 1.88. The summed E-state index contributed by atoms with van der Waals surface area (Å²) < 4.78 is 19.1. The molecule has 0 amide bonds. The van der Waals surface area contributed by atoms with Crippen LogP contribution in [0.2, 0.25) is 5.02 Å². The molecule has 0 radical (unpaired) electrons. The van der Waals surface area contributed by atoms with Gasteiger partial charge in [0.05, 0.1) is 11.1 Å². The molecule has 2 rings (SSSR count). The Morgan fingerprint density at radius 2 is 2.00 bits per heavy atom. The van der Waals surface area contributed by atoms with E-state index in [-0.39, 0.29) is 11.1 Å². The first kappa shape index (κ1) is 15.6. The Balaban J connectivity index is 2.03. The van der Waals surface area contributed by atoms with Crippen LogP contribution in [-0.2, 0) is 6.54 Å². The Morgan fingerprint density at radius 1 is 1.24 bits per heavy atom. The quantitative estimate of drug-likeness (QED) is 0.785. The molecule has 2 aromatic carbocycles. The third kappa shape index (κ3) is 4.36. The number of anilines is 1. The Bertz CT molecular complexity index is 603. The van der Waals surface area contributed by atoms with Gasteiger partial charge in [0, 0.05) is 18.3 Å². The van der Waals surface area contributed by atoms with E-state index in [1.54, 1.807) is 12.1 Å². The molecule has 1 N–H and O–H groups in total. The van der Waals surface area contributed by atoms with Crippen molar-refractivity contribution in [3.05, 3.63) is 58.9 Å². The lowest BCUT2D eigenvalue weighted by Crippen LogP contribution is -2.09. The molecule has 1 unspecified atom stereocenters. The highest BCUT2D eigenvalue weighted by molar-refractivity contribution is 6.31. The van der Waals surface area contributed by atoms with Gasteiger partial charge in [0.1, 0.15) is 11.6 Å². The zero-order valence-electron chi connectivity index (χ0n) is 12.2. The predicted octanol–water partition coefficient (Wildman–Crippen LogP) is 5.27. The second-order valence-corrected chi connectivity index (χ2v) is 5.31. The van der Waals surface area contributed by atoms with Gasteiger partial charge >= 0.3 is 0 Å². The van der Waals surface area contributed by atoms with Crippen molar-refractivity contribution in [1.29, 1.82) is 0 Å². The molecular formula is C17H19ClFNO. The van der Waals surface area contributed by atoms with Crippen LogP contribution in [0.3, 0.4) is 0 Å². The molecule has 0 heterocycles. The minimum absolute atomic E-state index is 0.164. The standard InChI is InChI=1S/C17H19ClFNO/c1-3-12(2)21-15-8-5-7-14(10-15)20-11-13-6-4-9-16(19)17(13)18/h4-10,12,20H,3,11H2,1-2H3. The number of halogens is 2. The number of hydrogen-bond acceptors (Lipinski definition) is 2. The third-order valence-electron chi connectivity index (χ3n) is 3.26. The van der Waals surface area contributed by atoms with Crippen molar-refractivity contribution in [3.63, 3.8) is 0 Å². The molecule has 0 aliphatic carbocycles. The van der Waals surface area contributed by atoms with E-state index in [0.717, 1.165) is 23.4 Å². The van der Waals surface area contributed by atoms with Crippen LogP contribution < -0.4 is 10.1 Å². The summed E-state index contributed by atoms with van der Waals surface area (Å²) in [6.07, 6.45) is 1.13. The van der Waals surface area contributed by atoms with Crippen molar-refractivity contribution in [2.75, 3.05) is 5.32 Å². The van der Waals surface area contributed by atoms with E-state index in [0.29, 0.717) is 6.54 Å². The second kappa shape index (κ2) is 7.32. The van der Waals surface area contributed by atoms with Crippen molar-refractivity contribution in [1.82, 2.24) is 0 Å². The van der Waals surface area contributed by atoms with Gasteiger partial charge in [-0.25, -0.2) is 4.39 Å². The summed E-state index contributed by atoms with van der Waals surface area (Å²) in [5, 5.41) is 3.39. The summed E-state index contributed by atoms with van der Waals surface area (Å²) in [6.45, 7) is 4.58. The molecule has 2 nitrogen and oxygen atoms in total. The van der Waals surface area contributed by atoms with Crippen LogP contribution in [0.4, 0.5) is 10.1 Å². The smallest absolute Gasteiger partial charge is 0.142 e. The number of benzene rings is 2. The van der Waals surface area contributed by atoms with Crippen LogP contribution in [0.25, 0.3) is 0 Å². The Kier molecular flexibility index (Phi) is 5.45. The number of rotatable bonds is 6. The lowest BCUT2D eigenvalue weighted by Gasteiger charge is -2.14. The highest BCUT2D eigenvalue weighted by Gasteiger charge is 2.06. The molecule has 0 aliphatic heterocycles. The molecule has 21 heavy (non-hydrogen) atoms. The van der Waals surface area contributed by atoms with Crippen molar-refractivity contribution in [2.24, 2.45) is 0 Å². The zero-order valence-corrected chi connectivity index (χ0v) is 13.0. The van der Waals surface area contributed by atoms with Gasteiger partial charge in [-0.05, 0) is 37.1 Å². The van der Waals surface area contributed by atoms with Crippen molar-refractivity contribution in [3.8, 4) is 5.75 Å². The first-order valence-corrected chi connectivity index (χ1v) is 7.41. The van der Waals surface area contributed by atoms with Crippen LogP contribution in [0, 0.1) is 5.82 Å². The molecule has 0 aromatic heterocycles. The molecule has 1 atom stereocenters. The van der Waals surface area contributed by atoms with Gasteiger partial charge in [0.15, 0.2) is 0 Å². The summed E-state index contributed by atoms with van der Waals surface area (Å²) in [6, 6.07) is 12.5. The topological polar surface area (TPSA) is 21.3 Å². The lowest BCUT2D eigenvalue weighted by atomic mass is 10.2. The SMILES string of the molecule is CCC(C)Oc1cccc(NCc2cccc(F)c2Cl)c1. The summed E-state index contributed by atoms with van der Waals surface area (Å²) in [4.78, 5) is 0. The minimum Gasteiger partial charge on any atom is -0.491 e. The van der Waals surface area contributed by atoms with E-state index >= 15 is 0 Å². The maximum absolute atomic E-state index is 13.4. The summed E-state index contributed by atoms with van der Waals surface area (Å²) in [5.41, 5.74) is 1.64. The van der Waals surface area contributed by atoms with Crippen LogP contribution in [0.15, 0.2) is 42.5 Å². The predicted molar refractivity (Wildman–Crippen MR) is 85.6 cm³/mol. The Hall–Kier alpha value is -1.74. The van der Waals surface area contributed by atoms with Gasteiger partial charge in [-0.15, -0.1) is 0 Å². The van der Waals surface area contributed by atoms with Gasteiger partial charge < -0.3 is 10.1 Å². The number of nitrogens with one attached hydrogen (secondary N) is 1. The molecule has 4 heteroatoms. The average molecular weight is 308 g/mol. The minimum atomic E-state index is -0.398. The van der Waals surface area contributed by atoms with Crippen LogP contribution >= 0.6 is 11.6 Å². The van der Waals surface area contributed by atoms with Crippen LogP contribution in [0.5, 0.6) is 5.75 Å². The van der Waals surface area contributed by atoms with E-state index in [2.05, 4.69) is 12.2 Å². The van der Waals surface area contributed by atoms with Gasteiger partial charge in [0.2, 0.25) is 0 Å². The molecule has 112 valence electrons. The monoisotopic (exact) mass is 307 g/mol. The van der Waals surface area contributed by atoms with Crippen LogP contribution in [0.1, 0.15) is 25.8 Å². The first-order chi connectivity index (χ1) is 10.1. The van der Waals surface area contributed by atoms with Gasteiger partial charge in [0.25, 0.3) is 0 Å². The molecular weight excluding hydrogens is 289 g/mol. The molecule has 2 aromatic rings. The van der Waals surface area contributed by atoms with Gasteiger partial charge in [-0.3, -0.25) is 0 Å². The van der Waals surface area contributed by atoms with Crippen LogP contribution in [-0.4, -0.2) is 6.10 Å². The van der Waals surface area contributed by atoms with E-state index in [4.69, 9.17) is 16.3 Å². The summed E-state index contributed by atoms with van der Waals surface area (Å²) in [5.74, 6) is 0.421. The van der Waals surface area contributed by atoms with Gasteiger partial charge in [-0.2, -0.15) is 0 Å². The molecule has 0 aliphatic rings. The van der Waals surface area contributed by atoms with E-state index in [1.165, 1.54) is 6.07 Å². The van der Waals surface area contributed by atoms with Crippen molar-refractivity contribution in [2.45, 2.75) is 32.9 Å². The Labute approximate surface area is 129 Å². The number of ether oxygens (including phenoxy) is 1. The highest BCUT2D eigenvalue weighted by Crippen LogP contribution is 2.23. The molecule has 0 saturated carbocycles.